The second-order valence-electron chi connectivity index (χ2n) is 3.34. The number of nitrogens with two attached hydrogens (primary N) is 1. The first-order valence-corrected chi connectivity index (χ1v) is 5.33. The van der Waals surface area contributed by atoms with Gasteiger partial charge in [-0.25, -0.2) is 10.2 Å². The van der Waals surface area contributed by atoms with E-state index in [0.717, 1.165) is 19.3 Å². The van der Waals surface area contributed by atoms with Crippen LogP contribution in [0.25, 0.3) is 0 Å². The number of unbranched alkanes of at least 4 members (excludes halogenated alkanes) is 2. The summed E-state index contributed by atoms with van der Waals surface area (Å²) in [4.78, 5) is 10.6. The molecule has 0 rings (SSSR count). The minimum atomic E-state index is -0.695. The number of amides is 2. The predicted molar refractivity (Wildman–Crippen MR) is 62.1 cm³/mol. The van der Waals surface area contributed by atoms with Crippen LogP contribution in [0.15, 0.2) is 5.10 Å². The molecule has 0 heterocycles. The van der Waals surface area contributed by atoms with Gasteiger partial charge in [0.2, 0.25) is 0 Å². The molecule has 16 heavy (non-hydrogen) atoms. The number of hydrogen-bond acceptors (Lipinski definition) is 4. The molecule has 3 N–H and O–H groups in total. The molecule has 0 saturated carbocycles. The van der Waals surface area contributed by atoms with E-state index in [2.05, 4.69) is 17.5 Å². The number of ether oxygens (including phenoxy) is 2. The highest BCUT2D eigenvalue weighted by Gasteiger charge is 2.14. The summed E-state index contributed by atoms with van der Waals surface area (Å²) in [5.74, 6) is 0. The molecule has 0 aliphatic rings. The molecule has 0 atom stereocenters. The van der Waals surface area contributed by atoms with Crippen molar-refractivity contribution in [2.45, 2.75) is 38.9 Å². The predicted octanol–water partition coefficient (Wildman–Crippen LogP) is 1.21. The summed E-state index contributed by atoms with van der Waals surface area (Å²) in [6.07, 6.45) is 3.35. The number of hydrogen-bond donors (Lipinski definition) is 2. The van der Waals surface area contributed by atoms with E-state index in [1.807, 2.05) is 0 Å². The van der Waals surface area contributed by atoms with E-state index in [4.69, 9.17) is 15.2 Å². The lowest BCUT2D eigenvalue weighted by Crippen LogP contribution is -2.31. The molecule has 0 saturated heterocycles. The summed E-state index contributed by atoms with van der Waals surface area (Å²) in [6, 6.07) is -0.695. The summed E-state index contributed by atoms with van der Waals surface area (Å²) in [5, 5.41) is 3.88. The van der Waals surface area contributed by atoms with Gasteiger partial charge in [0.25, 0.3) is 0 Å². The van der Waals surface area contributed by atoms with Crippen molar-refractivity contribution in [3.63, 3.8) is 0 Å². The molecule has 2 amide bonds. The van der Waals surface area contributed by atoms with Crippen LogP contribution in [-0.2, 0) is 9.47 Å². The fraction of sp³-hybridized carbons (Fsp3) is 0.800. The Bertz CT molecular complexity index is 227. The topological polar surface area (TPSA) is 85.9 Å². The van der Waals surface area contributed by atoms with Crippen molar-refractivity contribution in [2.75, 3.05) is 14.2 Å². The Morgan fingerprint density at radius 1 is 1.38 bits per heavy atom. The van der Waals surface area contributed by atoms with Gasteiger partial charge in [0.1, 0.15) is 0 Å². The second-order valence-corrected chi connectivity index (χ2v) is 3.34. The summed E-state index contributed by atoms with van der Waals surface area (Å²) in [5.41, 5.74) is 7.76. The van der Waals surface area contributed by atoms with Gasteiger partial charge < -0.3 is 15.2 Å². The maximum atomic E-state index is 10.6. The largest absolute Gasteiger partial charge is 0.351 e. The lowest BCUT2D eigenvalue weighted by molar-refractivity contribution is -0.0535. The van der Waals surface area contributed by atoms with Crippen LogP contribution in [0.3, 0.4) is 0 Å². The zero-order valence-electron chi connectivity index (χ0n) is 10.2. The maximum absolute atomic E-state index is 10.6. The number of primary amides is 1. The highest BCUT2D eigenvalue weighted by Crippen LogP contribution is 2.06. The molecular weight excluding hydrogens is 210 g/mol. The van der Waals surface area contributed by atoms with Crippen LogP contribution in [0, 0.1) is 0 Å². The lowest BCUT2D eigenvalue weighted by atomic mass is 10.1. The lowest BCUT2D eigenvalue weighted by Gasteiger charge is -2.15. The number of carbonyl (C=O) groups excluding carboxylic acids is 1. The van der Waals surface area contributed by atoms with Crippen molar-refractivity contribution in [1.82, 2.24) is 5.43 Å². The summed E-state index contributed by atoms with van der Waals surface area (Å²) in [7, 11) is 3.04. The molecule has 0 unspecified atom stereocenters. The first-order chi connectivity index (χ1) is 7.65. The number of carbonyl (C=O) groups is 1. The van der Waals surface area contributed by atoms with E-state index in [1.54, 1.807) is 0 Å². The van der Waals surface area contributed by atoms with Gasteiger partial charge in [0.15, 0.2) is 6.29 Å². The first kappa shape index (κ1) is 14.9. The fourth-order valence-electron chi connectivity index (χ4n) is 1.28. The van der Waals surface area contributed by atoms with E-state index >= 15 is 0 Å². The van der Waals surface area contributed by atoms with E-state index in [-0.39, 0.29) is 0 Å². The van der Waals surface area contributed by atoms with Crippen LogP contribution >= 0.6 is 0 Å². The van der Waals surface area contributed by atoms with Crippen LogP contribution in [-0.4, -0.2) is 32.3 Å². The zero-order chi connectivity index (χ0) is 12.4. The number of methoxy groups -OCH3 is 2. The number of nitrogens with one attached hydrogen (secondary N) is 1. The van der Waals surface area contributed by atoms with E-state index < -0.39 is 12.3 Å². The van der Waals surface area contributed by atoms with Gasteiger partial charge in [-0.2, -0.15) is 5.10 Å². The minimum absolute atomic E-state index is 0.538. The Kier molecular flexibility index (Phi) is 8.46. The molecule has 94 valence electrons. The molecular formula is C10H21N3O3. The van der Waals surface area contributed by atoms with Crippen molar-refractivity contribution < 1.29 is 14.3 Å². The number of urea groups is 1. The van der Waals surface area contributed by atoms with Gasteiger partial charge in [0.05, 0.1) is 5.71 Å². The van der Waals surface area contributed by atoms with Crippen LogP contribution < -0.4 is 11.2 Å². The van der Waals surface area contributed by atoms with Crippen molar-refractivity contribution in [3.05, 3.63) is 0 Å². The molecule has 0 aromatic rings. The standard InChI is InChI=1S/C10H21N3O3/c1-4-5-6-7-8(9(15-2)16-3)12-13-10(11)14/h9H,4-7H2,1-3H3,(H3,11,13,14). The van der Waals surface area contributed by atoms with Crippen molar-refractivity contribution >= 4 is 11.7 Å². The third kappa shape index (κ3) is 6.36. The van der Waals surface area contributed by atoms with Crippen LogP contribution in [0.2, 0.25) is 0 Å². The summed E-state index contributed by atoms with van der Waals surface area (Å²) >= 11 is 0. The van der Waals surface area contributed by atoms with Crippen molar-refractivity contribution in [3.8, 4) is 0 Å². The van der Waals surface area contributed by atoms with Gasteiger partial charge in [-0.1, -0.05) is 19.8 Å². The molecule has 0 spiro atoms. The molecule has 0 radical (unpaired) electrons. The van der Waals surface area contributed by atoms with Crippen LogP contribution in [0.5, 0.6) is 0 Å². The van der Waals surface area contributed by atoms with Crippen molar-refractivity contribution in [2.24, 2.45) is 10.8 Å². The highest BCUT2D eigenvalue weighted by molar-refractivity contribution is 5.88. The summed E-state index contributed by atoms with van der Waals surface area (Å²) < 4.78 is 10.2. The Morgan fingerprint density at radius 3 is 2.44 bits per heavy atom. The molecule has 6 nitrogen and oxygen atoms in total. The smallest absolute Gasteiger partial charge is 0.332 e. The van der Waals surface area contributed by atoms with Gasteiger partial charge in [0, 0.05) is 14.2 Å². The molecule has 0 aliphatic carbocycles. The first-order valence-electron chi connectivity index (χ1n) is 5.33. The summed E-state index contributed by atoms with van der Waals surface area (Å²) in [6.45, 7) is 2.11. The Morgan fingerprint density at radius 2 is 2.00 bits per heavy atom. The average Bonchev–Trinajstić information content (AvgIpc) is 2.26. The van der Waals surface area contributed by atoms with E-state index in [1.165, 1.54) is 14.2 Å². The quantitative estimate of drug-likeness (QED) is 0.285. The number of rotatable bonds is 8. The van der Waals surface area contributed by atoms with E-state index in [9.17, 15) is 4.79 Å². The minimum Gasteiger partial charge on any atom is -0.351 e. The van der Waals surface area contributed by atoms with Gasteiger partial charge in [-0.3, -0.25) is 0 Å². The Hall–Kier alpha value is -1.14. The third-order valence-corrected chi connectivity index (χ3v) is 2.05. The molecule has 0 aliphatic heterocycles. The normalized spacial score (nSPS) is 11.9. The monoisotopic (exact) mass is 231 g/mol. The van der Waals surface area contributed by atoms with E-state index in [0.29, 0.717) is 12.1 Å². The molecule has 0 aromatic heterocycles. The molecule has 0 aromatic carbocycles. The average molecular weight is 231 g/mol. The van der Waals surface area contributed by atoms with Gasteiger partial charge >= 0.3 is 6.03 Å². The van der Waals surface area contributed by atoms with Crippen LogP contribution in [0.1, 0.15) is 32.6 Å². The van der Waals surface area contributed by atoms with Crippen molar-refractivity contribution in [1.29, 1.82) is 0 Å². The van der Waals surface area contributed by atoms with Gasteiger partial charge in [-0.05, 0) is 12.8 Å². The zero-order valence-corrected chi connectivity index (χ0v) is 10.2. The fourth-order valence-corrected chi connectivity index (χ4v) is 1.28. The Balaban J connectivity index is 4.35. The Labute approximate surface area is 96.2 Å². The number of nitrogens with zero attached hydrogens (tertiary/aromatic N) is 1. The third-order valence-electron chi connectivity index (χ3n) is 2.05. The van der Waals surface area contributed by atoms with Crippen LogP contribution in [0.4, 0.5) is 4.79 Å². The number of hydrazone groups is 1. The molecule has 0 bridgehead atoms. The molecule has 6 heteroatoms. The second kappa shape index (κ2) is 9.11. The highest BCUT2D eigenvalue weighted by atomic mass is 16.7. The molecule has 0 fully saturated rings. The SMILES string of the molecule is CCCCCC(=NNC(N)=O)C(OC)OC. The maximum Gasteiger partial charge on any atom is 0.332 e. The van der Waals surface area contributed by atoms with Gasteiger partial charge in [-0.15, -0.1) is 0 Å².